The molecule has 1 aliphatic rings. The number of ether oxygens (including phenoxy) is 1. The summed E-state index contributed by atoms with van der Waals surface area (Å²) in [4.78, 5) is 22.5. The molecule has 0 aromatic heterocycles. The van der Waals surface area contributed by atoms with Crippen LogP contribution in [0.2, 0.25) is 0 Å². The Kier molecular flexibility index (Phi) is 7.11. The van der Waals surface area contributed by atoms with Gasteiger partial charge in [0.15, 0.2) is 6.10 Å². The van der Waals surface area contributed by atoms with Crippen LogP contribution in [0.1, 0.15) is 39.0 Å². The molecule has 2 aromatic rings. The molecule has 166 valence electrons. The minimum absolute atomic E-state index is 0.00230. The number of non-ortho nitro benzene ring substituents is 1. The van der Waals surface area contributed by atoms with Crippen LogP contribution >= 0.6 is 0 Å². The third-order valence-electron chi connectivity index (χ3n) is 5.10. The molecule has 1 aliphatic carbocycles. The van der Waals surface area contributed by atoms with E-state index in [4.69, 9.17) is 4.74 Å². The molecule has 10 heteroatoms. The highest BCUT2D eigenvalue weighted by molar-refractivity contribution is 7.92. The van der Waals surface area contributed by atoms with Gasteiger partial charge in [0.05, 0.1) is 9.82 Å². The lowest BCUT2D eigenvalue weighted by atomic mass is 9.95. The molecule has 1 amide bonds. The molecule has 0 aliphatic heterocycles. The van der Waals surface area contributed by atoms with Gasteiger partial charge in [-0.15, -0.1) is 0 Å². The monoisotopic (exact) mass is 447 g/mol. The largest absolute Gasteiger partial charge is 0.481 e. The number of carbonyl (C=O) groups excluding carboxylic acids is 1. The SMILES string of the molecule is CC(Oc1ccc(S(=O)(=O)Nc2ccc([N+](=O)[O-])cc2)cc1)C(=O)NC1CCCCC1. The number of nitrogens with zero attached hydrogens (tertiary/aromatic N) is 1. The lowest BCUT2D eigenvalue weighted by Crippen LogP contribution is -2.43. The average Bonchev–Trinajstić information content (AvgIpc) is 2.75. The fraction of sp³-hybridized carbons (Fsp3) is 0.381. The molecule has 0 saturated heterocycles. The normalized spacial score (nSPS) is 15.6. The standard InChI is InChI=1S/C21H25N3O6S/c1-15(21(25)22-16-5-3-2-4-6-16)30-19-11-13-20(14-12-19)31(28,29)23-17-7-9-18(10-8-17)24(26)27/h7-16,23H,2-6H2,1H3,(H,22,25). The van der Waals surface area contributed by atoms with E-state index in [2.05, 4.69) is 10.0 Å². The van der Waals surface area contributed by atoms with E-state index in [1.165, 1.54) is 55.0 Å². The zero-order chi connectivity index (χ0) is 22.4. The zero-order valence-corrected chi connectivity index (χ0v) is 17.9. The molecule has 1 atom stereocenters. The quantitative estimate of drug-likeness (QED) is 0.470. The smallest absolute Gasteiger partial charge is 0.269 e. The van der Waals surface area contributed by atoms with Crippen molar-refractivity contribution in [3.8, 4) is 5.75 Å². The Bertz CT molecular complexity index is 1020. The summed E-state index contributed by atoms with van der Waals surface area (Å²) in [6.07, 6.45) is 4.68. The zero-order valence-electron chi connectivity index (χ0n) is 17.1. The van der Waals surface area contributed by atoms with Crippen LogP contribution in [0.15, 0.2) is 53.4 Å². The van der Waals surface area contributed by atoms with Gasteiger partial charge in [-0.05, 0) is 56.2 Å². The van der Waals surface area contributed by atoms with Crippen LogP contribution in [0.4, 0.5) is 11.4 Å². The first-order chi connectivity index (χ1) is 14.7. The highest BCUT2D eigenvalue weighted by Gasteiger charge is 2.21. The van der Waals surface area contributed by atoms with Gasteiger partial charge in [-0.2, -0.15) is 0 Å². The van der Waals surface area contributed by atoms with Crippen molar-refractivity contribution in [3.63, 3.8) is 0 Å². The van der Waals surface area contributed by atoms with E-state index >= 15 is 0 Å². The predicted octanol–water partition coefficient (Wildman–Crippen LogP) is 3.61. The second kappa shape index (κ2) is 9.78. The van der Waals surface area contributed by atoms with Crippen molar-refractivity contribution < 1.29 is 22.9 Å². The number of nitrogens with one attached hydrogen (secondary N) is 2. The Morgan fingerprint density at radius 1 is 1.06 bits per heavy atom. The van der Waals surface area contributed by atoms with E-state index in [1.54, 1.807) is 6.92 Å². The van der Waals surface area contributed by atoms with Gasteiger partial charge in [-0.3, -0.25) is 19.6 Å². The van der Waals surface area contributed by atoms with Crippen molar-refractivity contribution in [3.05, 3.63) is 58.6 Å². The van der Waals surface area contributed by atoms with Gasteiger partial charge in [0.2, 0.25) is 0 Å². The van der Waals surface area contributed by atoms with Crippen LogP contribution in [0, 0.1) is 10.1 Å². The molecule has 2 N–H and O–H groups in total. The van der Waals surface area contributed by atoms with Gasteiger partial charge in [0.25, 0.3) is 21.6 Å². The number of amides is 1. The van der Waals surface area contributed by atoms with Crippen LogP contribution < -0.4 is 14.8 Å². The summed E-state index contributed by atoms with van der Waals surface area (Å²) in [5.74, 6) is 0.184. The van der Waals surface area contributed by atoms with Crippen LogP contribution in [-0.4, -0.2) is 31.4 Å². The molecule has 0 spiro atoms. The fourth-order valence-corrected chi connectivity index (χ4v) is 4.44. The molecular weight excluding hydrogens is 422 g/mol. The van der Waals surface area contributed by atoms with Crippen molar-refractivity contribution in [2.75, 3.05) is 4.72 Å². The second-order valence-corrected chi connectivity index (χ2v) is 9.17. The average molecular weight is 448 g/mol. The lowest BCUT2D eigenvalue weighted by molar-refractivity contribution is -0.384. The molecule has 31 heavy (non-hydrogen) atoms. The van der Waals surface area contributed by atoms with E-state index in [-0.39, 0.29) is 28.2 Å². The van der Waals surface area contributed by atoms with Crippen molar-refractivity contribution >= 4 is 27.3 Å². The van der Waals surface area contributed by atoms with Crippen LogP contribution in [0.5, 0.6) is 5.75 Å². The van der Waals surface area contributed by atoms with Gasteiger partial charge < -0.3 is 10.1 Å². The number of anilines is 1. The second-order valence-electron chi connectivity index (χ2n) is 7.48. The van der Waals surface area contributed by atoms with Crippen molar-refractivity contribution in [2.45, 2.75) is 56.1 Å². The molecule has 1 unspecified atom stereocenters. The molecule has 0 radical (unpaired) electrons. The summed E-state index contributed by atoms with van der Waals surface area (Å²) in [6.45, 7) is 1.65. The van der Waals surface area contributed by atoms with Crippen molar-refractivity contribution in [1.29, 1.82) is 0 Å². The Morgan fingerprint density at radius 3 is 2.26 bits per heavy atom. The maximum atomic E-state index is 12.5. The molecule has 0 bridgehead atoms. The maximum Gasteiger partial charge on any atom is 0.269 e. The van der Waals surface area contributed by atoms with E-state index in [9.17, 15) is 23.3 Å². The first-order valence-electron chi connectivity index (χ1n) is 10.1. The first kappa shape index (κ1) is 22.5. The van der Waals surface area contributed by atoms with Crippen molar-refractivity contribution in [2.24, 2.45) is 0 Å². The van der Waals surface area contributed by atoms with Crippen LogP contribution in [-0.2, 0) is 14.8 Å². The third-order valence-corrected chi connectivity index (χ3v) is 6.50. The number of hydrogen-bond donors (Lipinski definition) is 2. The molecule has 3 rings (SSSR count). The first-order valence-corrected chi connectivity index (χ1v) is 11.6. The van der Waals surface area contributed by atoms with E-state index < -0.39 is 21.1 Å². The fourth-order valence-electron chi connectivity index (χ4n) is 3.39. The number of rotatable bonds is 8. The summed E-state index contributed by atoms with van der Waals surface area (Å²) >= 11 is 0. The van der Waals surface area contributed by atoms with E-state index in [1.807, 2.05) is 0 Å². The maximum absolute atomic E-state index is 12.5. The van der Waals surface area contributed by atoms with E-state index in [0.717, 1.165) is 25.7 Å². The Balaban J connectivity index is 1.59. The Labute approximate surface area is 181 Å². The van der Waals surface area contributed by atoms with Gasteiger partial charge in [0.1, 0.15) is 5.75 Å². The molecule has 1 fully saturated rings. The number of nitro benzene ring substituents is 1. The molecule has 1 saturated carbocycles. The summed E-state index contributed by atoms with van der Waals surface area (Å²) < 4.78 is 33.1. The summed E-state index contributed by atoms with van der Waals surface area (Å²) in [7, 11) is -3.88. The van der Waals surface area contributed by atoms with Gasteiger partial charge in [0, 0.05) is 23.9 Å². The molecule has 9 nitrogen and oxygen atoms in total. The third kappa shape index (κ3) is 6.17. The lowest BCUT2D eigenvalue weighted by Gasteiger charge is -2.24. The Hall–Kier alpha value is -3.14. The number of benzene rings is 2. The summed E-state index contributed by atoms with van der Waals surface area (Å²) in [5.41, 5.74) is 0.0741. The molecule has 2 aromatic carbocycles. The van der Waals surface area contributed by atoms with Gasteiger partial charge in [-0.1, -0.05) is 19.3 Å². The number of nitro groups is 1. The highest BCUT2D eigenvalue weighted by atomic mass is 32.2. The van der Waals surface area contributed by atoms with Gasteiger partial charge in [-0.25, -0.2) is 8.42 Å². The number of sulfonamides is 1. The Morgan fingerprint density at radius 2 is 1.68 bits per heavy atom. The minimum Gasteiger partial charge on any atom is -0.481 e. The van der Waals surface area contributed by atoms with Crippen molar-refractivity contribution in [1.82, 2.24) is 5.32 Å². The summed E-state index contributed by atoms with van der Waals surface area (Å²) in [5, 5.41) is 13.7. The highest BCUT2D eigenvalue weighted by Crippen LogP contribution is 2.22. The summed E-state index contributed by atoms with van der Waals surface area (Å²) in [6, 6.07) is 11.0. The topological polar surface area (TPSA) is 128 Å². The van der Waals surface area contributed by atoms with Gasteiger partial charge >= 0.3 is 0 Å². The number of carbonyl (C=O) groups is 1. The van der Waals surface area contributed by atoms with Crippen LogP contribution in [0.25, 0.3) is 0 Å². The molecule has 0 heterocycles. The number of hydrogen-bond acceptors (Lipinski definition) is 6. The predicted molar refractivity (Wildman–Crippen MR) is 115 cm³/mol. The minimum atomic E-state index is -3.88. The van der Waals surface area contributed by atoms with E-state index in [0.29, 0.717) is 5.75 Å². The van der Waals surface area contributed by atoms with Crippen LogP contribution in [0.3, 0.4) is 0 Å². The molecular formula is C21H25N3O6S.